The first-order valence-corrected chi connectivity index (χ1v) is 11.1. The number of nitrogens with zero attached hydrogens (tertiary/aromatic N) is 2. The molecule has 1 N–H and O–H groups in total. The Morgan fingerprint density at radius 3 is 2.21 bits per heavy atom. The SMILES string of the molecule is O=C(Cc1ccccc1)N1CC(=O)N2[C@H](CO)[C@@H](c3ccc(-c4ccc(F)cc4)cc3)[C@@H]2C1. The van der Waals surface area contributed by atoms with Crippen molar-refractivity contribution in [3.63, 3.8) is 0 Å². The fourth-order valence-corrected chi connectivity index (χ4v) is 5.11. The minimum absolute atomic E-state index is 0.0476. The Labute approximate surface area is 192 Å². The van der Waals surface area contributed by atoms with Crippen LogP contribution >= 0.6 is 0 Å². The second kappa shape index (κ2) is 8.79. The van der Waals surface area contributed by atoms with Gasteiger partial charge in [-0.1, -0.05) is 66.7 Å². The normalized spacial score (nSPS) is 22.0. The highest BCUT2D eigenvalue weighted by molar-refractivity contribution is 5.88. The van der Waals surface area contributed by atoms with Gasteiger partial charge in [0.2, 0.25) is 11.8 Å². The number of piperazine rings is 1. The van der Waals surface area contributed by atoms with E-state index in [9.17, 15) is 19.1 Å². The van der Waals surface area contributed by atoms with Crippen molar-refractivity contribution < 1.29 is 19.1 Å². The average molecular weight is 445 g/mol. The van der Waals surface area contributed by atoms with Crippen LogP contribution in [0.1, 0.15) is 17.0 Å². The molecule has 2 aliphatic heterocycles. The van der Waals surface area contributed by atoms with Gasteiger partial charge in [-0.25, -0.2) is 4.39 Å². The van der Waals surface area contributed by atoms with Gasteiger partial charge in [-0.2, -0.15) is 0 Å². The molecule has 3 atom stereocenters. The van der Waals surface area contributed by atoms with Crippen LogP contribution in [0.5, 0.6) is 0 Å². The molecule has 3 aromatic carbocycles. The Morgan fingerprint density at radius 2 is 1.58 bits per heavy atom. The van der Waals surface area contributed by atoms with Crippen molar-refractivity contribution in [2.75, 3.05) is 19.7 Å². The predicted molar refractivity (Wildman–Crippen MR) is 123 cm³/mol. The fraction of sp³-hybridized carbons (Fsp3) is 0.259. The molecule has 5 nitrogen and oxygen atoms in total. The van der Waals surface area contributed by atoms with Crippen molar-refractivity contribution in [1.82, 2.24) is 9.80 Å². The molecule has 2 aliphatic rings. The standard InChI is InChI=1S/C27H25FN2O3/c28-22-12-10-20(11-13-22)19-6-8-21(9-7-19)27-23-15-29(16-26(33)30(23)24(27)17-31)25(32)14-18-4-2-1-3-5-18/h1-13,23-24,27,31H,14-17H2/t23-,24+,27-/m0/s1. The highest BCUT2D eigenvalue weighted by Gasteiger charge is 2.54. The van der Waals surface area contributed by atoms with E-state index in [0.717, 1.165) is 22.3 Å². The van der Waals surface area contributed by atoms with Crippen LogP contribution in [0.2, 0.25) is 0 Å². The van der Waals surface area contributed by atoms with Crippen LogP contribution < -0.4 is 0 Å². The topological polar surface area (TPSA) is 60.9 Å². The number of carbonyl (C=O) groups excluding carboxylic acids is 2. The monoisotopic (exact) mass is 444 g/mol. The number of halogens is 1. The van der Waals surface area contributed by atoms with Crippen LogP contribution in [0.4, 0.5) is 4.39 Å². The highest BCUT2D eigenvalue weighted by atomic mass is 19.1. The van der Waals surface area contributed by atoms with Gasteiger partial charge in [0.05, 0.1) is 31.7 Å². The molecular weight excluding hydrogens is 419 g/mol. The average Bonchev–Trinajstić information content (AvgIpc) is 2.82. The summed E-state index contributed by atoms with van der Waals surface area (Å²) in [4.78, 5) is 29.1. The van der Waals surface area contributed by atoms with E-state index in [1.165, 1.54) is 12.1 Å². The van der Waals surface area contributed by atoms with E-state index in [0.29, 0.717) is 6.54 Å². The molecule has 0 aromatic heterocycles. The molecule has 2 amide bonds. The van der Waals surface area contributed by atoms with Gasteiger partial charge in [0.1, 0.15) is 5.82 Å². The summed E-state index contributed by atoms with van der Waals surface area (Å²) in [5.74, 6) is -0.504. The Hall–Kier alpha value is -3.51. The van der Waals surface area contributed by atoms with Crippen LogP contribution in [-0.2, 0) is 16.0 Å². The lowest BCUT2D eigenvalue weighted by Crippen LogP contribution is -2.73. The van der Waals surface area contributed by atoms with E-state index < -0.39 is 0 Å². The first-order chi connectivity index (χ1) is 16.0. The van der Waals surface area contributed by atoms with Gasteiger partial charge < -0.3 is 14.9 Å². The number of benzene rings is 3. The van der Waals surface area contributed by atoms with E-state index in [1.807, 2.05) is 54.6 Å². The molecule has 3 aromatic rings. The second-order valence-corrected chi connectivity index (χ2v) is 8.71. The summed E-state index contributed by atoms with van der Waals surface area (Å²) in [5, 5.41) is 9.99. The molecule has 168 valence electrons. The van der Waals surface area contributed by atoms with Gasteiger partial charge in [0.25, 0.3) is 0 Å². The van der Waals surface area contributed by atoms with Crippen LogP contribution in [-0.4, -0.2) is 58.5 Å². The number of carbonyl (C=O) groups is 2. The predicted octanol–water partition coefficient (Wildman–Crippen LogP) is 3.23. The lowest BCUT2D eigenvalue weighted by molar-refractivity contribution is -0.166. The summed E-state index contributed by atoms with van der Waals surface area (Å²) in [7, 11) is 0. The molecule has 2 fully saturated rings. The van der Waals surface area contributed by atoms with Crippen molar-refractivity contribution >= 4 is 11.8 Å². The third kappa shape index (κ3) is 4.02. The molecule has 2 saturated heterocycles. The Bertz CT molecular complexity index is 1150. The largest absolute Gasteiger partial charge is 0.394 e. The maximum Gasteiger partial charge on any atom is 0.242 e. The lowest BCUT2D eigenvalue weighted by Gasteiger charge is -2.58. The summed E-state index contributed by atoms with van der Waals surface area (Å²) in [6.07, 6.45) is 0.265. The van der Waals surface area contributed by atoms with Gasteiger partial charge in [-0.05, 0) is 34.4 Å². The van der Waals surface area contributed by atoms with Gasteiger partial charge in [0, 0.05) is 12.5 Å². The first kappa shape index (κ1) is 21.3. The molecule has 0 unspecified atom stereocenters. The second-order valence-electron chi connectivity index (χ2n) is 8.71. The summed E-state index contributed by atoms with van der Waals surface area (Å²) < 4.78 is 13.2. The number of rotatable bonds is 5. The van der Waals surface area contributed by atoms with Gasteiger partial charge in [0.15, 0.2) is 0 Å². The molecule has 0 radical (unpaired) electrons. The number of hydrogen-bond acceptors (Lipinski definition) is 3. The number of amides is 2. The van der Waals surface area contributed by atoms with E-state index >= 15 is 0 Å². The van der Waals surface area contributed by atoms with Crippen molar-refractivity contribution in [3.8, 4) is 11.1 Å². The maximum atomic E-state index is 13.2. The van der Waals surface area contributed by atoms with Crippen molar-refractivity contribution in [2.45, 2.75) is 24.4 Å². The summed E-state index contributed by atoms with van der Waals surface area (Å²) >= 11 is 0. The molecule has 2 heterocycles. The number of aliphatic hydroxyl groups excluding tert-OH is 1. The minimum Gasteiger partial charge on any atom is -0.394 e. The number of aliphatic hydroxyl groups is 1. The van der Waals surface area contributed by atoms with Gasteiger partial charge in [-0.3, -0.25) is 9.59 Å². The molecule has 33 heavy (non-hydrogen) atoms. The smallest absolute Gasteiger partial charge is 0.242 e. The van der Waals surface area contributed by atoms with Crippen molar-refractivity contribution in [3.05, 3.63) is 95.8 Å². The van der Waals surface area contributed by atoms with Crippen LogP contribution in [0.25, 0.3) is 11.1 Å². The van der Waals surface area contributed by atoms with Crippen molar-refractivity contribution in [2.24, 2.45) is 0 Å². The van der Waals surface area contributed by atoms with Crippen molar-refractivity contribution in [1.29, 1.82) is 0 Å². The number of hydrogen-bond donors (Lipinski definition) is 1. The molecule has 0 saturated carbocycles. The van der Waals surface area contributed by atoms with E-state index in [1.54, 1.807) is 21.9 Å². The zero-order chi connectivity index (χ0) is 22.9. The van der Waals surface area contributed by atoms with Gasteiger partial charge in [-0.15, -0.1) is 0 Å². The van der Waals surface area contributed by atoms with E-state index in [-0.39, 0.29) is 55.2 Å². The first-order valence-electron chi connectivity index (χ1n) is 11.1. The van der Waals surface area contributed by atoms with Crippen LogP contribution in [0.3, 0.4) is 0 Å². The Morgan fingerprint density at radius 1 is 0.939 bits per heavy atom. The molecular formula is C27H25FN2O3. The minimum atomic E-state index is -0.287. The van der Waals surface area contributed by atoms with E-state index in [4.69, 9.17) is 0 Å². The Kier molecular flexibility index (Phi) is 5.68. The van der Waals surface area contributed by atoms with Gasteiger partial charge >= 0.3 is 0 Å². The highest BCUT2D eigenvalue weighted by Crippen LogP contribution is 2.43. The maximum absolute atomic E-state index is 13.2. The quantitative estimate of drug-likeness (QED) is 0.657. The molecule has 0 bridgehead atoms. The van der Waals surface area contributed by atoms with Crippen LogP contribution in [0, 0.1) is 5.82 Å². The zero-order valence-electron chi connectivity index (χ0n) is 18.1. The van der Waals surface area contributed by atoms with Crippen LogP contribution in [0.15, 0.2) is 78.9 Å². The summed E-state index contributed by atoms with van der Waals surface area (Å²) in [5.41, 5.74) is 3.83. The molecule has 0 spiro atoms. The molecule has 0 aliphatic carbocycles. The summed E-state index contributed by atoms with van der Waals surface area (Å²) in [6.45, 7) is 0.387. The third-order valence-corrected chi connectivity index (χ3v) is 6.78. The molecule has 5 rings (SSSR count). The lowest BCUT2D eigenvalue weighted by atomic mass is 9.73. The summed E-state index contributed by atoms with van der Waals surface area (Å²) in [6, 6.07) is 23.4. The Balaban J connectivity index is 1.34. The third-order valence-electron chi connectivity index (χ3n) is 6.78. The zero-order valence-corrected chi connectivity index (χ0v) is 18.1. The fourth-order valence-electron chi connectivity index (χ4n) is 5.11. The number of fused-ring (bicyclic) bond motifs is 1. The van der Waals surface area contributed by atoms with E-state index in [2.05, 4.69) is 0 Å². The molecule has 6 heteroatoms.